The highest BCUT2D eigenvalue weighted by atomic mass is 35.5. The second-order valence-electron chi connectivity index (χ2n) is 7.32. The number of pyridine rings is 1. The molecule has 1 fully saturated rings. The van der Waals surface area contributed by atoms with Crippen molar-refractivity contribution in [2.75, 3.05) is 6.26 Å². The lowest BCUT2D eigenvalue weighted by atomic mass is 9.66. The summed E-state index contributed by atoms with van der Waals surface area (Å²) in [4.78, 5) is 4.75. The zero-order valence-electron chi connectivity index (χ0n) is 14.1. The second-order valence-corrected chi connectivity index (χ2v) is 9.77. The van der Waals surface area contributed by atoms with Crippen LogP contribution in [0.15, 0.2) is 47.5 Å². The Morgan fingerprint density at radius 2 is 1.68 bits per heavy atom. The maximum absolute atomic E-state index is 11.7. The molecule has 0 amide bonds. The number of sulfone groups is 1. The van der Waals surface area contributed by atoms with Crippen LogP contribution in [0.4, 0.5) is 0 Å². The van der Waals surface area contributed by atoms with Crippen molar-refractivity contribution in [2.45, 2.75) is 37.0 Å². The van der Waals surface area contributed by atoms with E-state index in [2.05, 4.69) is 17.1 Å². The molecule has 25 heavy (non-hydrogen) atoms. The maximum atomic E-state index is 11.7. The van der Waals surface area contributed by atoms with Gasteiger partial charge in [0.2, 0.25) is 0 Å². The summed E-state index contributed by atoms with van der Waals surface area (Å²) in [6.45, 7) is 0. The van der Waals surface area contributed by atoms with Crippen molar-refractivity contribution in [1.29, 1.82) is 0 Å². The molecule has 0 aliphatic heterocycles. The standard InChI is InChI=1S/C20H20ClNO2S/c1-25(23,24)16-7-8-19(22-13-16)18-12-20(9-2-10-20)11-17(18)14-3-5-15(21)6-4-14/h3-8,13H,2,9-12H2,1H3. The van der Waals surface area contributed by atoms with Gasteiger partial charge in [0.05, 0.1) is 10.6 Å². The summed E-state index contributed by atoms with van der Waals surface area (Å²) in [6.07, 6.45) is 8.59. The lowest BCUT2D eigenvalue weighted by molar-refractivity contribution is 0.157. The van der Waals surface area contributed by atoms with Gasteiger partial charge in [-0.15, -0.1) is 0 Å². The van der Waals surface area contributed by atoms with Gasteiger partial charge in [0.1, 0.15) is 0 Å². The SMILES string of the molecule is CS(=O)(=O)c1ccc(C2=C(c3ccc(Cl)cc3)CC3(CCC3)C2)nc1. The molecule has 2 aliphatic rings. The molecule has 0 radical (unpaired) electrons. The first kappa shape index (κ1) is 16.8. The quantitative estimate of drug-likeness (QED) is 0.759. The normalized spacial score (nSPS) is 19.3. The summed E-state index contributed by atoms with van der Waals surface area (Å²) in [5.41, 5.74) is 5.04. The molecule has 1 aromatic carbocycles. The Labute approximate surface area is 153 Å². The van der Waals surface area contributed by atoms with Gasteiger partial charge in [-0.1, -0.05) is 30.2 Å². The van der Waals surface area contributed by atoms with Crippen molar-refractivity contribution >= 4 is 32.6 Å². The molecule has 0 bridgehead atoms. The predicted molar refractivity (Wildman–Crippen MR) is 101 cm³/mol. The van der Waals surface area contributed by atoms with Crippen LogP contribution >= 0.6 is 11.6 Å². The summed E-state index contributed by atoms with van der Waals surface area (Å²) >= 11 is 6.04. The molecule has 1 aromatic heterocycles. The molecule has 3 nitrogen and oxygen atoms in total. The molecule has 0 unspecified atom stereocenters. The maximum Gasteiger partial charge on any atom is 0.177 e. The van der Waals surface area contributed by atoms with Crippen LogP contribution in [0.5, 0.6) is 0 Å². The van der Waals surface area contributed by atoms with E-state index in [1.165, 1.54) is 48.4 Å². The second kappa shape index (κ2) is 5.96. The van der Waals surface area contributed by atoms with Gasteiger partial charge in [-0.25, -0.2) is 8.42 Å². The Balaban J connectivity index is 1.77. The van der Waals surface area contributed by atoms with E-state index in [0.29, 0.717) is 5.41 Å². The number of hydrogen-bond donors (Lipinski definition) is 0. The summed E-state index contributed by atoms with van der Waals surface area (Å²) < 4.78 is 23.4. The molecule has 1 heterocycles. The minimum atomic E-state index is -3.22. The van der Waals surface area contributed by atoms with Crippen molar-refractivity contribution < 1.29 is 8.42 Å². The van der Waals surface area contributed by atoms with Crippen molar-refractivity contribution in [3.8, 4) is 0 Å². The van der Waals surface area contributed by atoms with Crippen LogP contribution in [0.1, 0.15) is 43.4 Å². The number of halogens is 1. The fourth-order valence-corrected chi connectivity index (χ4v) is 4.69. The summed E-state index contributed by atoms with van der Waals surface area (Å²) in [6, 6.07) is 11.5. The topological polar surface area (TPSA) is 47.0 Å². The molecule has 0 N–H and O–H groups in total. The Morgan fingerprint density at radius 3 is 2.20 bits per heavy atom. The minimum Gasteiger partial charge on any atom is -0.255 e. The molecular weight excluding hydrogens is 354 g/mol. The van der Waals surface area contributed by atoms with Gasteiger partial charge in [-0.05, 0) is 72.1 Å². The number of benzene rings is 1. The Hall–Kier alpha value is -1.65. The Morgan fingerprint density at radius 1 is 1.00 bits per heavy atom. The van der Waals surface area contributed by atoms with Crippen molar-refractivity contribution in [1.82, 2.24) is 4.98 Å². The number of nitrogens with zero attached hydrogens (tertiary/aromatic N) is 1. The highest BCUT2D eigenvalue weighted by Crippen LogP contribution is 2.59. The predicted octanol–water partition coefficient (Wildman–Crippen LogP) is 5.01. The monoisotopic (exact) mass is 373 g/mol. The van der Waals surface area contributed by atoms with Crippen molar-refractivity contribution in [2.24, 2.45) is 5.41 Å². The third kappa shape index (κ3) is 3.13. The molecule has 1 spiro atoms. The van der Waals surface area contributed by atoms with Crippen LogP contribution in [-0.2, 0) is 9.84 Å². The van der Waals surface area contributed by atoms with E-state index in [1.54, 1.807) is 6.07 Å². The third-order valence-corrected chi connectivity index (χ3v) is 6.90. The van der Waals surface area contributed by atoms with Crippen LogP contribution in [-0.4, -0.2) is 19.7 Å². The molecule has 4 rings (SSSR count). The van der Waals surface area contributed by atoms with E-state index in [4.69, 9.17) is 11.6 Å². The summed E-state index contributed by atoms with van der Waals surface area (Å²) in [7, 11) is -3.22. The fourth-order valence-electron chi connectivity index (χ4n) is 4.01. The van der Waals surface area contributed by atoms with Gasteiger partial charge in [0.25, 0.3) is 0 Å². The smallest absolute Gasteiger partial charge is 0.177 e. The van der Waals surface area contributed by atoms with Gasteiger partial charge in [-0.2, -0.15) is 0 Å². The first-order valence-electron chi connectivity index (χ1n) is 8.51. The summed E-state index contributed by atoms with van der Waals surface area (Å²) in [5, 5.41) is 0.734. The van der Waals surface area contributed by atoms with Crippen molar-refractivity contribution in [3.05, 3.63) is 58.9 Å². The van der Waals surface area contributed by atoms with Crippen molar-refractivity contribution in [3.63, 3.8) is 0 Å². The lowest BCUT2D eigenvalue weighted by Crippen LogP contribution is -2.26. The third-order valence-electron chi connectivity index (χ3n) is 5.55. The van der Waals surface area contributed by atoms with E-state index in [0.717, 1.165) is 23.6 Å². The van der Waals surface area contributed by atoms with Crippen LogP contribution in [0, 0.1) is 5.41 Å². The van der Waals surface area contributed by atoms with E-state index >= 15 is 0 Å². The molecule has 2 aliphatic carbocycles. The van der Waals surface area contributed by atoms with Crippen LogP contribution in [0.2, 0.25) is 5.02 Å². The van der Waals surface area contributed by atoms with E-state index in [-0.39, 0.29) is 4.90 Å². The molecule has 2 aromatic rings. The van der Waals surface area contributed by atoms with E-state index < -0.39 is 9.84 Å². The first-order valence-corrected chi connectivity index (χ1v) is 10.8. The molecular formula is C20H20ClNO2S. The molecule has 130 valence electrons. The van der Waals surface area contributed by atoms with Crippen LogP contribution in [0.3, 0.4) is 0 Å². The lowest BCUT2D eigenvalue weighted by Gasteiger charge is -2.39. The van der Waals surface area contributed by atoms with Crippen LogP contribution in [0.25, 0.3) is 11.1 Å². The number of rotatable bonds is 3. The van der Waals surface area contributed by atoms with E-state index in [1.807, 2.05) is 18.2 Å². The molecule has 5 heteroatoms. The minimum absolute atomic E-state index is 0.265. The zero-order valence-corrected chi connectivity index (χ0v) is 15.7. The van der Waals surface area contributed by atoms with E-state index in [9.17, 15) is 8.42 Å². The first-order chi connectivity index (χ1) is 11.9. The fraction of sp³-hybridized carbons (Fsp3) is 0.350. The number of aromatic nitrogens is 1. The summed E-state index contributed by atoms with van der Waals surface area (Å²) in [5.74, 6) is 0. The number of allylic oxidation sites excluding steroid dienone is 2. The zero-order chi connectivity index (χ0) is 17.7. The average Bonchev–Trinajstić information content (AvgIpc) is 2.96. The van der Waals surface area contributed by atoms with Gasteiger partial charge in [0, 0.05) is 17.5 Å². The molecule has 1 saturated carbocycles. The van der Waals surface area contributed by atoms with Gasteiger partial charge >= 0.3 is 0 Å². The largest absolute Gasteiger partial charge is 0.255 e. The highest BCUT2D eigenvalue weighted by Gasteiger charge is 2.44. The van der Waals surface area contributed by atoms with Gasteiger partial charge in [-0.3, -0.25) is 4.98 Å². The number of hydrogen-bond acceptors (Lipinski definition) is 3. The molecule has 0 saturated heterocycles. The average molecular weight is 374 g/mol. The Kier molecular flexibility index (Phi) is 4.00. The van der Waals surface area contributed by atoms with Gasteiger partial charge in [0.15, 0.2) is 9.84 Å². The van der Waals surface area contributed by atoms with Gasteiger partial charge < -0.3 is 0 Å². The highest BCUT2D eigenvalue weighted by molar-refractivity contribution is 7.90. The Bertz CT molecular complexity index is 940. The molecule has 0 atom stereocenters. The van der Waals surface area contributed by atoms with Crippen LogP contribution < -0.4 is 0 Å².